The molecule has 2 aliphatic heterocycles. The van der Waals surface area contributed by atoms with Gasteiger partial charge < -0.3 is 19.9 Å². The van der Waals surface area contributed by atoms with Crippen LogP contribution in [0, 0.1) is 5.92 Å². The Bertz CT molecular complexity index is 560. The lowest BCUT2D eigenvalue weighted by molar-refractivity contribution is -0.188. The average molecular weight is 376 g/mol. The molecule has 0 spiro atoms. The van der Waals surface area contributed by atoms with E-state index in [0.29, 0.717) is 25.7 Å². The van der Waals surface area contributed by atoms with Crippen molar-refractivity contribution in [1.82, 2.24) is 0 Å². The molecular formula is C23H37NO3. The lowest BCUT2D eigenvalue weighted by Crippen LogP contribution is -2.48. The molecule has 2 N–H and O–H groups in total. The van der Waals surface area contributed by atoms with E-state index in [1.54, 1.807) is 19.8 Å². The second kappa shape index (κ2) is 9.51. The molecule has 3 aliphatic rings. The highest BCUT2D eigenvalue weighted by atomic mass is 16.6. The summed E-state index contributed by atoms with van der Waals surface area (Å²) in [5.41, 5.74) is 8.43. The van der Waals surface area contributed by atoms with Crippen LogP contribution in [0.25, 0.3) is 0 Å². The third kappa shape index (κ3) is 5.11. The van der Waals surface area contributed by atoms with Gasteiger partial charge in [-0.15, -0.1) is 0 Å². The molecule has 2 heterocycles. The van der Waals surface area contributed by atoms with E-state index in [2.05, 4.69) is 24.3 Å². The molecule has 0 aromatic carbocycles. The van der Waals surface area contributed by atoms with E-state index in [-0.39, 0.29) is 11.2 Å². The zero-order valence-electron chi connectivity index (χ0n) is 17.2. The van der Waals surface area contributed by atoms with E-state index >= 15 is 0 Å². The fraction of sp³-hybridized carbons (Fsp3) is 0.739. The van der Waals surface area contributed by atoms with Crippen molar-refractivity contribution in [2.75, 3.05) is 34.0 Å². The van der Waals surface area contributed by atoms with Gasteiger partial charge in [0.05, 0.1) is 24.4 Å². The Labute approximate surface area is 164 Å². The predicted molar refractivity (Wildman–Crippen MR) is 110 cm³/mol. The molecular weight excluding hydrogens is 338 g/mol. The predicted octanol–water partition coefficient (Wildman–Crippen LogP) is 4.31. The first kappa shape index (κ1) is 20.8. The topological polar surface area (TPSA) is 53.7 Å². The highest BCUT2D eigenvalue weighted by Crippen LogP contribution is 2.52. The zero-order chi connectivity index (χ0) is 19.2. The number of ether oxygens (including phenoxy) is 3. The van der Waals surface area contributed by atoms with Crippen molar-refractivity contribution in [1.29, 1.82) is 0 Å². The minimum atomic E-state index is -0.171. The Morgan fingerprint density at radius 3 is 2.44 bits per heavy atom. The normalized spacial score (nSPS) is 34.3. The Kier molecular flexibility index (Phi) is 7.32. The van der Waals surface area contributed by atoms with E-state index in [1.807, 2.05) is 0 Å². The van der Waals surface area contributed by atoms with Crippen LogP contribution in [-0.4, -0.2) is 45.2 Å². The van der Waals surface area contributed by atoms with Crippen molar-refractivity contribution >= 4 is 0 Å². The second-order valence-corrected chi connectivity index (χ2v) is 8.59. The smallest absolute Gasteiger partial charge is 0.0930 e. The molecule has 0 aromatic rings. The van der Waals surface area contributed by atoms with Gasteiger partial charge in [0.2, 0.25) is 0 Å². The van der Waals surface area contributed by atoms with Gasteiger partial charge in [-0.05, 0) is 69.3 Å². The van der Waals surface area contributed by atoms with Gasteiger partial charge in [0.1, 0.15) is 0 Å². The number of methoxy groups -OCH3 is 2. The van der Waals surface area contributed by atoms with Crippen LogP contribution in [0.4, 0.5) is 0 Å². The van der Waals surface area contributed by atoms with Gasteiger partial charge in [-0.1, -0.05) is 29.9 Å². The number of rotatable bonds is 9. The number of hydrogen-bond donors (Lipinski definition) is 1. The molecule has 1 aliphatic carbocycles. The van der Waals surface area contributed by atoms with E-state index < -0.39 is 0 Å². The minimum absolute atomic E-state index is 0.171. The fourth-order valence-corrected chi connectivity index (χ4v) is 5.27. The first-order valence-electron chi connectivity index (χ1n) is 10.6. The van der Waals surface area contributed by atoms with Crippen LogP contribution in [0.15, 0.2) is 35.5 Å². The van der Waals surface area contributed by atoms with E-state index in [1.165, 1.54) is 31.3 Å². The summed E-state index contributed by atoms with van der Waals surface area (Å²) >= 11 is 0. The molecule has 2 saturated heterocycles. The first-order chi connectivity index (χ1) is 13.1. The van der Waals surface area contributed by atoms with Gasteiger partial charge in [-0.25, -0.2) is 0 Å². The molecule has 152 valence electrons. The molecule has 0 aromatic heterocycles. The van der Waals surface area contributed by atoms with Crippen molar-refractivity contribution in [2.24, 2.45) is 11.7 Å². The summed E-state index contributed by atoms with van der Waals surface area (Å²) in [5, 5.41) is 0. The van der Waals surface area contributed by atoms with Gasteiger partial charge in [-0.2, -0.15) is 0 Å². The number of allylic oxidation sites excluding steroid dienone is 5. The van der Waals surface area contributed by atoms with Crippen LogP contribution in [-0.2, 0) is 14.2 Å². The van der Waals surface area contributed by atoms with Crippen molar-refractivity contribution in [3.05, 3.63) is 35.5 Å². The van der Waals surface area contributed by atoms with Gasteiger partial charge in [-0.3, -0.25) is 0 Å². The standard InChI is InChI=1S/C23H37NO3/c1-25-17-22-12-13-23(27-22,18-26-2)16-21(15-22)20(9-6-14-24)11-10-19-7-4-3-5-8-19/h6-7,9,11,21H,3-5,8,10,12-18,24H2,1-2H3/b9-6-,20-11+/t21-,22+,23-. The minimum Gasteiger partial charge on any atom is -0.382 e. The van der Waals surface area contributed by atoms with Gasteiger partial charge in [0, 0.05) is 20.8 Å². The monoisotopic (exact) mass is 375 g/mol. The largest absolute Gasteiger partial charge is 0.382 e. The third-order valence-corrected chi connectivity index (χ3v) is 6.42. The Morgan fingerprint density at radius 1 is 1.19 bits per heavy atom. The summed E-state index contributed by atoms with van der Waals surface area (Å²) in [4.78, 5) is 0. The molecule has 0 saturated carbocycles. The molecule has 3 rings (SSSR count). The van der Waals surface area contributed by atoms with Crippen molar-refractivity contribution in [3.63, 3.8) is 0 Å². The Balaban J connectivity index is 1.81. The molecule has 4 heteroatoms. The van der Waals surface area contributed by atoms with Crippen LogP contribution < -0.4 is 5.73 Å². The van der Waals surface area contributed by atoms with Crippen LogP contribution in [0.3, 0.4) is 0 Å². The molecule has 3 atom stereocenters. The molecule has 0 radical (unpaired) electrons. The van der Waals surface area contributed by atoms with Crippen LogP contribution in [0.5, 0.6) is 0 Å². The first-order valence-corrected chi connectivity index (χ1v) is 10.6. The van der Waals surface area contributed by atoms with Crippen LogP contribution >= 0.6 is 0 Å². The number of fused-ring (bicyclic) bond motifs is 2. The molecule has 2 fully saturated rings. The molecule has 0 amide bonds. The van der Waals surface area contributed by atoms with E-state index in [4.69, 9.17) is 19.9 Å². The maximum Gasteiger partial charge on any atom is 0.0930 e. The molecule has 0 unspecified atom stereocenters. The highest BCUT2D eigenvalue weighted by Gasteiger charge is 2.55. The van der Waals surface area contributed by atoms with Gasteiger partial charge >= 0.3 is 0 Å². The van der Waals surface area contributed by atoms with Crippen molar-refractivity contribution in [2.45, 2.75) is 69.0 Å². The van der Waals surface area contributed by atoms with Gasteiger partial charge in [0.15, 0.2) is 0 Å². The maximum atomic E-state index is 6.60. The average Bonchev–Trinajstić information content (AvgIpc) is 2.93. The summed E-state index contributed by atoms with van der Waals surface area (Å²) < 4.78 is 17.7. The SMILES string of the molecule is COC[C@@]12CC[C@@](COC)(C[C@@H](C(/C=C\CN)=C/CC3=CCCCC3)C1)O2. The summed E-state index contributed by atoms with van der Waals surface area (Å²) in [7, 11) is 3.55. The maximum absolute atomic E-state index is 6.60. The molecule has 4 nitrogen and oxygen atoms in total. The van der Waals surface area contributed by atoms with Crippen LogP contribution in [0.1, 0.15) is 57.8 Å². The molecule has 27 heavy (non-hydrogen) atoms. The lowest BCUT2D eigenvalue weighted by Gasteiger charge is -2.44. The number of hydrogen-bond acceptors (Lipinski definition) is 4. The van der Waals surface area contributed by atoms with Crippen molar-refractivity contribution in [3.8, 4) is 0 Å². The van der Waals surface area contributed by atoms with Crippen LogP contribution in [0.2, 0.25) is 0 Å². The third-order valence-electron chi connectivity index (χ3n) is 6.42. The lowest BCUT2D eigenvalue weighted by atomic mass is 9.78. The summed E-state index contributed by atoms with van der Waals surface area (Å²) in [5.74, 6) is 0.471. The second-order valence-electron chi connectivity index (χ2n) is 8.59. The summed E-state index contributed by atoms with van der Waals surface area (Å²) in [6.07, 6.45) is 19.6. The van der Waals surface area contributed by atoms with Crippen molar-refractivity contribution < 1.29 is 14.2 Å². The summed E-state index contributed by atoms with van der Waals surface area (Å²) in [6, 6.07) is 0. The number of nitrogens with two attached hydrogens (primary N) is 1. The van der Waals surface area contributed by atoms with E-state index in [0.717, 1.165) is 32.1 Å². The Morgan fingerprint density at radius 2 is 1.89 bits per heavy atom. The zero-order valence-corrected chi connectivity index (χ0v) is 17.2. The Hall–Kier alpha value is -0.940. The summed E-state index contributed by atoms with van der Waals surface area (Å²) in [6.45, 7) is 1.90. The van der Waals surface area contributed by atoms with E-state index in [9.17, 15) is 0 Å². The highest BCUT2D eigenvalue weighted by molar-refractivity contribution is 5.28. The van der Waals surface area contributed by atoms with Gasteiger partial charge in [0.25, 0.3) is 0 Å². The quantitative estimate of drug-likeness (QED) is 0.482. The molecule has 2 bridgehead atoms. The fourth-order valence-electron chi connectivity index (χ4n) is 5.27.